The maximum Gasteiger partial charge on any atom is 0.416 e. The molecule has 2 aromatic carbocycles. The third-order valence-electron chi connectivity index (χ3n) is 3.79. The highest BCUT2D eigenvalue weighted by molar-refractivity contribution is 5.86. The van der Waals surface area contributed by atoms with Gasteiger partial charge in [-0.2, -0.15) is 18.3 Å². The summed E-state index contributed by atoms with van der Waals surface area (Å²) in [6.07, 6.45) is -4.98. The van der Waals surface area contributed by atoms with Gasteiger partial charge in [0.25, 0.3) is 0 Å². The van der Waals surface area contributed by atoms with Gasteiger partial charge in [-0.25, -0.2) is 0 Å². The maximum atomic E-state index is 12.8. The van der Waals surface area contributed by atoms with E-state index in [4.69, 9.17) is 9.47 Å². The summed E-state index contributed by atoms with van der Waals surface area (Å²) in [5, 5.41) is 17.0. The van der Waals surface area contributed by atoms with Crippen LogP contribution in [0.2, 0.25) is 0 Å². The molecular weight excluding hydrogens is 391 g/mol. The van der Waals surface area contributed by atoms with E-state index in [1.807, 2.05) is 13.8 Å². The van der Waals surface area contributed by atoms with Gasteiger partial charge >= 0.3 is 11.9 Å². The third kappa shape index (κ3) is 6.09. The van der Waals surface area contributed by atoms with Crippen LogP contribution >= 0.6 is 0 Å². The highest BCUT2D eigenvalue weighted by atomic mass is 19.4. The van der Waals surface area contributed by atoms with Gasteiger partial charge in [0.15, 0.2) is 0 Å². The molecule has 0 aliphatic carbocycles. The fourth-order valence-corrected chi connectivity index (χ4v) is 2.32. The molecule has 0 N–H and O–H groups in total. The summed E-state index contributed by atoms with van der Waals surface area (Å²) >= 11 is 0. The summed E-state index contributed by atoms with van der Waals surface area (Å²) in [7, 11) is 3.59. The molecule has 0 bridgehead atoms. The lowest BCUT2D eigenvalue weighted by Gasteiger charge is -2.16. The molecule has 0 spiro atoms. The van der Waals surface area contributed by atoms with Crippen molar-refractivity contribution in [3.63, 3.8) is 0 Å². The van der Waals surface area contributed by atoms with Crippen LogP contribution in [-0.4, -0.2) is 35.8 Å². The number of ether oxygens (including phenoxy) is 2. The van der Waals surface area contributed by atoms with E-state index in [0.29, 0.717) is 11.8 Å². The summed E-state index contributed by atoms with van der Waals surface area (Å²) in [4.78, 5) is 10.2. The van der Waals surface area contributed by atoms with Gasteiger partial charge in [0.05, 0.1) is 16.2 Å². The molecule has 0 aliphatic heterocycles. The van der Waals surface area contributed by atoms with Crippen LogP contribution in [-0.2, 0) is 6.18 Å². The molecule has 10 heteroatoms. The quantitative estimate of drug-likeness (QED) is 0.359. The van der Waals surface area contributed by atoms with Crippen LogP contribution in [0, 0.1) is 10.1 Å². The lowest BCUT2D eigenvalue weighted by molar-refractivity contribution is -0.385. The molecule has 0 heterocycles. The Kier molecular flexibility index (Phi) is 6.68. The minimum absolute atomic E-state index is 0.214. The van der Waals surface area contributed by atoms with Crippen molar-refractivity contribution in [2.45, 2.75) is 26.1 Å². The minimum atomic E-state index is -4.69. The van der Waals surface area contributed by atoms with E-state index in [-0.39, 0.29) is 17.6 Å². The van der Waals surface area contributed by atoms with Crippen molar-refractivity contribution in [1.29, 1.82) is 0 Å². The van der Waals surface area contributed by atoms with Crippen molar-refractivity contribution in [1.82, 2.24) is 5.01 Å². The number of nitrogens with zero attached hydrogens (tertiary/aromatic N) is 3. The molecule has 0 saturated carbocycles. The molecule has 0 saturated heterocycles. The number of rotatable bonds is 7. The predicted molar refractivity (Wildman–Crippen MR) is 102 cm³/mol. The van der Waals surface area contributed by atoms with Crippen molar-refractivity contribution in [2.75, 3.05) is 14.1 Å². The second-order valence-electron chi connectivity index (χ2n) is 6.36. The minimum Gasteiger partial charge on any atom is -0.485 e. The Morgan fingerprint density at radius 2 is 1.72 bits per heavy atom. The molecule has 156 valence electrons. The van der Waals surface area contributed by atoms with E-state index in [1.54, 1.807) is 31.2 Å². The zero-order valence-corrected chi connectivity index (χ0v) is 16.2. The van der Waals surface area contributed by atoms with Crippen LogP contribution in [0.1, 0.15) is 19.4 Å². The number of nitro groups is 1. The Labute approximate surface area is 165 Å². The van der Waals surface area contributed by atoms with E-state index >= 15 is 0 Å². The lowest BCUT2D eigenvalue weighted by Crippen LogP contribution is -2.23. The second-order valence-corrected chi connectivity index (χ2v) is 6.36. The molecule has 0 aliphatic rings. The number of hydrogen-bond acceptors (Lipinski definition) is 6. The molecule has 29 heavy (non-hydrogen) atoms. The van der Waals surface area contributed by atoms with Crippen LogP contribution < -0.4 is 9.47 Å². The van der Waals surface area contributed by atoms with Gasteiger partial charge in [-0.3, -0.25) is 10.1 Å². The number of alkyl halides is 3. The molecule has 2 aromatic rings. The van der Waals surface area contributed by atoms with Crippen molar-refractivity contribution in [2.24, 2.45) is 5.10 Å². The predicted octanol–water partition coefficient (Wildman–Crippen LogP) is 5.11. The van der Waals surface area contributed by atoms with Gasteiger partial charge in [0.2, 0.25) is 5.75 Å². The lowest BCUT2D eigenvalue weighted by atomic mass is 10.2. The van der Waals surface area contributed by atoms with Crippen LogP contribution in [0.4, 0.5) is 18.9 Å². The summed E-state index contributed by atoms with van der Waals surface area (Å²) < 4.78 is 49.5. The van der Waals surface area contributed by atoms with Gasteiger partial charge in [-0.05, 0) is 50.2 Å². The van der Waals surface area contributed by atoms with Gasteiger partial charge in [-0.1, -0.05) is 0 Å². The highest BCUT2D eigenvalue weighted by Crippen LogP contribution is 2.38. The number of benzene rings is 2. The SMILES string of the molecule is C/C(=N\N(C)C)C(C)Oc1ccc(Oc2ccc(C(F)(F)F)cc2[N+](=O)[O-])cc1. The van der Waals surface area contributed by atoms with E-state index < -0.39 is 22.4 Å². The fraction of sp³-hybridized carbons (Fsp3) is 0.316. The number of hydrogen-bond donors (Lipinski definition) is 0. The average molecular weight is 411 g/mol. The van der Waals surface area contributed by atoms with Crippen molar-refractivity contribution >= 4 is 11.4 Å². The van der Waals surface area contributed by atoms with Gasteiger partial charge < -0.3 is 14.5 Å². The Morgan fingerprint density at radius 3 is 2.24 bits per heavy atom. The number of hydrazone groups is 1. The standard InChI is InChI=1S/C19H20F3N3O4/c1-12(23-24(3)4)13(2)28-15-6-8-16(9-7-15)29-18-10-5-14(19(20,21)22)11-17(18)25(26)27/h5-11,13H,1-4H3/b23-12+. The van der Waals surface area contributed by atoms with E-state index in [1.165, 1.54) is 12.1 Å². The van der Waals surface area contributed by atoms with Crippen LogP contribution in [0.15, 0.2) is 47.6 Å². The molecule has 0 amide bonds. The largest absolute Gasteiger partial charge is 0.485 e. The van der Waals surface area contributed by atoms with Gasteiger partial charge in [-0.15, -0.1) is 0 Å². The van der Waals surface area contributed by atoms with E-state index in [0.717, 1.165) is 17.8 Å². The molecule has 0 fully saturated rings. The monoisotopic (exact) mass is 411 g/mol. The second kappa shape index (κ2) is 8.80. The molecule has 2 rings (SSSR count). The molecule has 1 atom stereocenters. The summed E-state index contributed by atoms with van der Waals surface area (Å²) in [6.45, 7) is 3.66. The van der Waals surface area contributed by atoms with Crippen LogP contribution in [0.3, 0.4) is 0 Å². The first-order valence-corrected chi connectivity index (χ1v) is 8.50. The molecule has 7 nitrogen and oxygen atoms in total. The molecule has 1 unspecified atom stereocenters. The first kappa shape index (κ1) is 22.0. The van der Waals surface area contributed by atoms with Gasteiger partial charge in [0.1, 0.15) is 17.6 Å². The zero-order valence-electron chi connectivity index (χ0n) is 16.2. The molecule has 0 radical (unpaired) electrons. The van der Waals surface area contributed by atoms with Crippen molar-refractivity contribution in [3.8, 4) is 17.2 Å². The Hall–Kier alpha value is -3.30. The van der Waals surface area contributed by atoms with E-state index in [2.05, 4.69) is 5.10 Å². The molecular formula is C19H20F3N3O4. The first-order chi connectivity index (χ1) is 13.5. The highest BCUT2D eigenvalue weighted by Gasteiger charge is 2.33. The Balaban J connectivity index is 2.16. The maximum absolute atomic E-state index is 12.8. The number of halogens is 3. The van der Waals surface area contributed by atoms with Crippen LogP contribution in [0.5, 0.6) is 17.2 Å². The third-order valence-corrected chi connectivity index (χ3v) is 3.79. The normalized spacial score (nSPS) is 13.0. The van der Waals surface area contributed by atoms with E-state index in [9.17, 15) is 23.3 Å². The average Bonchev–Trinajstić information content (AvgIpc) is 2.62. The van der Waals surface area contributed by atoms with Crippen molar-refractivity contribution < 1.29 is 27.6 Å². The molecule has 0 aromatic heterocycles. The zero-order chi connectivity index (χ0) is 21.8. The smallest absolute Gasteiger partial charge is 0.416 e. The van der Waals surface area contributed by atoms with Gasteiger partial charge in [0, 0.05) is 20.2 Å². The van der Waals surface area contributed by atoms with Crippen LogP contribution in [0.25, 0.3) is 0 Å². The summed E-state index contributed by atoms with van der Waals surface area (Å²) in [6, 6.07) is 8.28. The summed E-state index contributed by atoms with van der Waals surface area (Å²) in [5.74, 6) is 0.436. The topological polar surface area (TPSA) is 77.2 Å². The first-order valence-electron chi connectivity index (χ1n) is 8.50. The Morgan fingerprint density at radius 1 is 1.14 bits per heavy atom. The number of nitro benzene ring substituents is 1. The van der Waals surface area contributed by atoms with Crippen molar-refractivity contribution in [3.05, 3.63) is 58.1 Å². The summed E-state index contributed by atoms with van der Waals surface area (Å²) in [5.41, 5.74) is -1.14. The fourth-order valence-electron chi connectivity index (χ4n) is 2.32. The Bertz CT molecular complexity index is 897.